The molecule has 45 heteroatoms. The van der Waals surface area contributed by atoms with Crippen LogP contribution in [0.3, 0.4) is 0 Å². The summed E-state index contributed by atoms with van der Waals surface area (Å²) >= 11 is 0. The summed E-state index contributed by atoms with van der Waals surface area (Å²) in [5.41, 5.74) is 15.7. The molecule has 0 unspecified atom stereocenters. The Morgan fingerprint density at radius 2 is 0.893 bits per heavy atom. The summed E-state index contributed by atoms with van der Waals surface area (Å²) in [6, 6.07) is 28.8. The number of carboxylic acids is 1. The van der Waals surface area contributed by atoms with Crippen LogP contribution in [0.4, 0.5) is 0 Å². The second-order valence-corrected chi connectivity index (χ2v) is 36.7. The fourth-order valence-corrected chi connectivity index (χ4v) is 17.6. The van der Waals surface area contributed by atoms with E-state index in [1.807, 2.05) is 18.2 Å². The van der Waals surface area contributed by atoms with E-state index in [1.165, 1.54) is 74.2 Å². The Morgan fingerprint density at radius 3 is 1.43 bits per heavy atom. The number of fused-ring (bicyclic) bond motifs is 4. The summed E-state index contributed by atoms with van der Waals surface area (Å²) < 4.78 is 0. The molecule has 2 aliphatic heterocycles. The number of carbonyl (C=O) groups is 19. The topological polar surface area (TPSA) is 701 Å². The molecule has 26 N–H and O–H groups in total. The lowest BCUT2D eigenvalue weighted by atomic mass is 9.99. The molecule has 0 saturated carbocycles. The molecule has 15 atom stereocenters. The molecular weight excluding hydrogens is 1940 g/mol. The first-order valence-corrected chi connectivity index (χ1v) is 48.4. The van der Waals surface area contributed by atoms with Gasteiger partial charge in [0, 0.05) is 98.3 Å². The van der Waals surface area contributed by atoms with Gasteiger partial charge in [-0.1, -0.05) is 164 Å². The second-order valence-electron chi connectivity index (χ2n) is 36.7. The lowest BCUT2D eigenvalue weighted by Gasteiger charge is -2.30. The van der Waals surface area contributed by atoms with Gasteiger partial charge in [0.05, 0.1) is 50.5 Å². The molecule has 2 saturated heterocycles. The summed E-state index contributed by atoms with van der Waals surface area (Å²) in [4.78, 5) is 292. The van der Waals surface area contributed by atoms with Crippen LogP contribution in [-0.4, -0.2) is 268 Å². The van der Waals surface area contributed by atoms with Gasteiger partial charge in [0.2, 0.25) is 106 Å². The monoisotopic (exact) mass is 2050 g/mol. The average molecular weight is 2050 g/mol. The number of carboxylic acid groups (broad SMARTS) is 1. The predicted molar refractivity (Wildman–Crippen MR) is 541 cm³/mol. The number of carbonyl (C=O) groups excluding carboxylic acids is 18. The van der Waals surface area contributed by atoms with Crippen molar-refractivity contribution in [3.63, 3.8) is 0 Å². The van der Waals surface area contributed by atoms with Crippen LogP contribution in [0, 0.1) is 0 Å². The van der Waals surface area contributed by atoms with E-state index < -0.39 is 255 Å². The van der Waals surface area contributed by atoms with E-state index in [9.17, 15) is 78.0 Å². The number of primary amides is 2. The maximum absolute atomic E-state index is 15.9. The van der Waals surface area contributed by atoms with Gasteiger partial charge in [0.1, 0.15) is 96.1 Å². The molecule has 0 aliphatic carbocycles. The Bertz CT molecular complexity index is 6790. The van der Waals surface area contributed by atoms with Crippen molar-refractivity contribution in [2.45, 2.75) is 188 Å². The summed E-state index contributed by atoms with van der Waals surface area (Å²) in [6.07, 6.45) is -1.81. The van der Waals surface area contributed by atoms with Gasteiger partial charge in [-0.15, -0.1) is 0 Å². The molecule has 784 valence electrons. The quantitative estimate of drug-likeness (QED) is 0.0209. The lowest BCUT2D eigenvalue weighted by molar-refractivity contribution is -0.143. The molecule has 11 aromatic rings. The molecule has 13 rings (SSSR count). The number of H-pyrrole nitrogens is 3. The summed E-state index contributed by atoms with van der Waals surface area (Å²) in [5.74, 6) is -21.9. The lowest BCUT2D eigenvalue weighted by Crippen LogP contribution is -2.62. The zero-order valence-electron chi connectivity index (χ0n) is 81.4. The summed E-state index contributed by atoms with van der Waals surface area (Å²) in [5, 5.41) is 82.8. The number of phenols is 2. The van der Waals surface area contributed by atoms with Crippen molar-refractivity contribution in [2.24, 2.45) is 11.5 Å². The molecule has 8 aromatic carbocycles. The number of aromatic amines is 3. The molecule has 3 aromatic heterocycles. The molecule has 0 spiro atoms. The van der Waals surface area contributed by atoms with Crippen LogP contribution >= 0.6 is 0 Å². The fraction of sp³-hybridized carbons (Fsp3) is 0.314. The standard InChI is InChI=1S/C105H116N22O23/c1-56-104(148)127-37-15-26-85(127)102(146)124-83(49-88(133)111-53-89(134)115-81(47-86(106)131)99(143)120-79(45-66-51-110-73-25-14-12-23-71(66)73)98(142)122-80(46-67-52-108-55-113-67)92(136)112-54-90(135)126-91(57(2)128)103(147)114-56)101(145)121-78(44-65-50-109-72-24-13-11-22-70(65)72)97(141)118-74(39-58-16-5-3-6-17-58)93(137)116-75(40-59-18-7-4-8-19-59)95(139)123-82(48-87(107)132)100(144)119-76(41-60-28-33-68(129)34-29-60)94(138)117-77(42-61-30-35-69(130)36-31-61)96(140)125-84(105(149)150)43-62-27-32-63-20-9-10-21-64(63)38-62/h3-14,16-25,27-36,38,50-52,55-57,74-85,91,109-110,128-130H,15,26,37,39-49,53-54H2,1-2H3,(H2,106,131)(H2,107,132)(H,108,113)(H,111,133)(H,112,136)(H,114,147)(H,115,134)(H,116,137)(H,117,138)(H,118,141)(H,119,144)(H,120,143)(H,121,145)(H,122,142)(H,123,139)(H,124,146)(H,125,140)(H,126,135)(H,149,150)/t56-,57+,74-,75-,76-,77-,78-,79-,80+,81+,82-,83+,84+,85+,91+/m0/s1. The number of hydrogen-bond donors (Lipinski definition) is 24. The van der Waals surface area contributed by atoms with E-state index in [0.29, 0.717) is 60.8 Å². The highest BCUT2D eigenvalue weighted by molar-refractivity contribution is 6.04. The third-order valence-electron chi connectivity index (χ3n) is 25.4. The van der Waals surface area contributed by atoms with Crippen LogP contribution in [0.15, 0.2) is 225 Å². The van der Waals surface area contributed by atoms with E-state index in [2.05, 4.69) is 99.7 Å². The highest BCUT2D eigenvalue weighted by atomic mass is 16.4. The molecule has 2 aliphatic rings. The number of hydrogen-bond acceptors (Lipinski definition) is 23. The Hall–Kier alpha value is -18.2. The van der Waals surface area contributed by atoms with Gasteiger partial charge in [0.25, 0.3) is 0 Å². The molecule has 150 heavy (non-hydrogen) atoms. The zero-order valence-corrected chi connectivity index (χ0v) is 81.4. The van der Waals surface area contributed by atoms with Crippen LogP contribution in [0.1, 0.15) is 90.6 Å². The van der Waals surface area contributed by atoms with Crippen LogP contribution in [0.2, 0.25) is 0 Å². The number of nitrogens with zero attached hydrogens (tertiary/aromatic N) is 2. The number of nitrogens with one attached hydrogen (secondary N) is 18. The van der Waals surface area contributed by atoms with Crippen molar-refractivity contribution in [1.82, 2.24) is 105 Å². The number of nitrogens with two attached hydrogens (primary N) is 2. The Labute approximate surface area is 857 Å². The number of phenolic OH excluding ortho intramolecular Hbond substituents is 2. The van der Waals surface area contributed by atoms with E-state index in [0.717, 1.165) is 22.6 Å². The number of benzene rings is 8. The van der Waals surface area contributed by atoms with E-state index >= 15 is 33.6 Å². The first kappa shape index (κ1) is 109. The second kappa shape index (κ2) is 51.5. The van der Waals surface area contributed by atoms with Crippen molar-refractivity contribution < 1.29 is 112 Å². The SMILES string of the molecule is C[C@@H]1NC(=O)[C@@H]([C@@H](C)O)NC(=O)CNC(=O)[C@@H](Cc2c[nH]cn2)NC(=O)[C@H](Cc2c[nH]c3ccccc23)NC(=O)[C@@H](CC(N)=O)NC(=O)CNC(=O)C[C@H](C(=O)N[C@@H](Cc2c[nH]c3ccccc23)C(=O)N[C@@H](Cc2ccccc2)C(=O)N[C@@H](Cc2ccccc2)C(=O)N[C@@H](CC(N)=O)C(=O)N[C@@H](Cc2ccc(O)cc2)C(=O)N[C@@H](Cc2ccc(O)cc2)C(=O)N[C@H](Cc2ccc3ccccc3c2)C(=O)O)NC(=O)[C@H]2CCCN2C1=O. The van der Waals surface area contributed by atoms with Gasteiger partial charge in [-0.2, -0.15) is 0 Å². The number of imidazole rings is 1. The fourth-order valence-electron chi connectivity index (χ4n) is 17.6. The van der Waals surface area contributed by atoms with Crippen LogP contribution in [-0.2, 0) is 142 Å². The first-order chi connectivity index (χ1) is 71.9. The molecule has 2 fully saturated rings. The summed E-state index contributed by atoms with van der Waals surface area (Å²) in [7, 11) is 0. The smallest absolute Gasteiger partial charge is 0.326 e. The van der Waals surface area contributed by atoms with Gasteiger partial charge >= 0.3 is 5.97 Å². The van der Waals surface area contributed by atoms with E-state index in [1.54, 1.807) is 140 Å². The van der Waals surface area contributed by atoms with Gasteiger partial charge in [-0.05, 0) is 113 Å². The van der Waals surface area contributed by atoms with Gasteiger partial charge < -0.3 is 131 Å². The number of para-hydroxylation sites is 2. The maximum Gasteiger partial charge on any atom is 0.326 e. The third kappa shape index (κ3) is 30.7. The average Bonchev–Trinajstić information content (AvgIpc) is 1.68. The molecule has 0 bridgehead atoms. The number of aliphatic hydroxyl groups is 1. The number of aromatic nitrogens is 4. The molecule has 18 amide bonds. The number of aliphatic carboxylic acids is 1. The summed E-state index contributed by atoms with van der Waals surface area (Å²) in [6.45, 7) is 0.271. The minimum Gasteiger partial charge on any atom is -0.508 e. The van der Waals surface area contributed by atoms with E-state index in [-0.39, 0.29) is 68.7 Å². The Morgan fingerprint density at radius 1 is 0.433 bits per heavy atom. The highest BCUT2D eigenvalue weighted by Crippen LogP contribution is 2.26. The van der Waals surface area contributed by atoms with Gasteiger partial charge in [-0.25, -0.2) is 9.78 Å². The van der Waals surface area contributed by atoms with Crippen molar-refractivity contribution in [2.75, 3.05) is 19.6 Å². The zero-order chi connectivity index (χ0) is 107. The Kier molecular flexibility index (Phi) is 37.5. The van der Waals surface area contributed by atoms with Crippen molar-refractivity contribution in [1.29, 1.82) is 0 Å². The van der Waals surface area contributed by atoms with Gasteiger partial charge in [0.15, 0.2) is 0 Å². The van der Waals surface area contributed by atoms with Crippen LogP contribution in [0.25, 0.3) is 32.6 Å². The molecule has 0 radical (unpaired) electrons. The Balaban J connectivity index is 0.783. The number of amides is 18. The first-order valence-electron chi connectivity index (χ1n) is 48.4. The molecule has 45 nitrogen and oxygen atoms in total. The number of rotatable bonds is 36. The largest absolute Gasteiger partial charge is 0.508 e. The minimum absolute atomic E-state index is 0.115. The predicted octanol–water partition coefficient (Wildman–Crippen LogP) is -1.66. The van der Waals surface area contributed by atoms with E-state index in [4.69, 9.17) is 11.5 Å². The molecule has 5 heterocycles. The minimum atomic E-state index is -2.11. The number of aliphatic hydroxyl groups excluding tert-OH is 1. The molecular formula is C105H116N22O23. The van der Waals surface area contributed by atoms with Crippen molar-refractivity contribution in [3.8, 4) is 11.5 Å². The highest BCUT2D eigenvalue weighted by Gasteiger charge is 2.43. The normalized spacial score (nSPS) is 19.0. The van der Waals surface area contributed by atoms with Crippen molar-refractivity contribution >= 4 is 145 Å². The van der Waals surface area contributed by atoms with Crippen molar-refractivity contribution in [3.05, 3.63) is 270 Å². The van der Waals surface area contributed by atoms with Crippen LogP contribution < -0.4 is 91.2 Å². The number of aromatic hydroxyl groups is 2. The third-order valence-corrected chi connectivity index (χ3v) is 25.4. The van der Waals surface area contributed by atoms with Gasteiger partial charge in [-0.3, -0.25) is 86.3 Å². The maximum atomic E-state index is 15.9. The van der Waals surface area contributed by atoms with Crippen LogP contribution in [0.5, 0.6) is 11.5 Å².